The Balaban J connectivity index is 2.12. The zero-order valence-corrected chi connectivity index (χ0v) is 12.8. The molecule has 0 aliphatic carbocycles. The minimum absolute atomic E-state index is 0.763. The molecule has 0 fully saturated rings. The molecule has 1 aliphatic heterocycles. The molecule has 106 valence electrons. The Hall–Kier alpha value is -2.13. The maximum atomic E-state index is 12.0. The predicted molar refractivity (Wildman–Crippen MR) is 87.2 cm³/mol. The highest BCUT2D eigenvalue weighted by molar-refractivity contribution is 7.97. The molecule has 0 saturated carbocycles. The largest absolute Gasteiger partial charge is 0.220 e. The number of aryl methyl sites for hydroxylation is 2. The van der Waals surface area contributed by atoms with Crippen LogP contribution in [0.4, 0.5) is 0 Å². The molecule has 1 heterocycles. The van der Waals surface area contributed by atoms with E-state index in [9.17, 15) is 8.42 Å². The Morgan fingerprint density at radius 3 is 1.29 bits per heavy atom. The van der Waals surface area contributed by atoms with E-state index in [4.69, 9.17) is 0 Å². The molecule has 0 unspecified atom stereocenters. The van der Waals surface area contributed by atoms with E-state index >= 15 is 0 Å². The second-order valence-electron chi connectivity index (χ2n) is 5.38. The molecule has 0 N–H and O–H groups in total. The number of allylic oxidation sites excluding steroid dienone is 2. The summed E-state index contributed by atoms with van der Waals surface area (Å²) in [5.74, 6) is 0. The van der Waals surface area contributed by atoms with Crippen LogP contribution < -0.4 is 0 Å². The first kappa shape index (κ1) is 13.8. The minimum atomic E-state index is -3.29. The maximum absolute atomic E-state index is 12.0. The third kappa shape index (κ3) is 2.83. The van der Waals surface area contributed by atoms with Crippen molar-refractivity contribution in [2.75, 3.05) is 0 Å². The number of sulfone groups is 1. The first-order chi connectivity index (χ1) is 9.94. The quantitative estimate of drug-likeness (QED) is 0.835. The van der Waals surface area contributed by atoms with Gasteiger partial charge >= 0.3 is 0 Å². The number of benzene rings is 2. The molecule has 2 nitrogen and oxygen atoms in total. The van der Waals surface area contributed by atoms with E-state index < -0.39 is 9.84 Å². The summed E-state index contributed by atoms with van der Waals surface area (Å²) < 4.78 is 24.0. The van der Waals surface area contributed by atoms with E-state index in [0.29, 0.717) is 0 Å². The lowest BCUT2D eigenvalue weighted by Crippen LogP contribution is -1.88. The van der Waals surface area contributed by atoms with Gasteiger partial charge in [0.15, 0.2) is 9.84 Å². The fourth-order valence-corrected chi connectivity index (χ4v) is 3.65. The van der Waals surface area contributed by atoms with Crippen molar-refractivity contribution in [1.29, 1.82) is 0 Å². The molecule has 3 heteroatoms. The summed E-state index contributed by atoms with van der Waals surface area (Å²) in [6.45, 7) is 4.03. The molecule has 1 aliphatic rings. The van der Waals surface area contributed by atoms with Gasteiger partial charge in [-0.3, -0.25) is 0 Å². The number of hydrogen-bond donors (Lipinski definition) is 0. The summed E-state index contributed by atoms with van der Waals surface area (Å²) in [6.07, 6.45) is 0. The Kier molecular flexibility index (Phi) is 3.30. The van der Waals surface area contributed by atoms with Crippen LogP contribution in [0.15, 0.2) is 59.3 Å². The van der Waals surface area contributed by atoms with Crippen LogP contribution in [0, 0.1) is 13.8 Å². The Morgan fingerprint density at radius 1 is 0.619 bits per heavy atom. The second-order valence-corrected chi connectivity index (χ2v) is 7.03. The normalized spacial score (nSPS) is 16.5. The van der Waals surface area contributed by atoms with Crippen LogP contribution >= 0.6 is 0 Å². The average molecular weight is 296 g/mol. The molecule has 2 aromatic carbocycles. The second kappa shape index (κ2) is 5.01. The molecule has 0 spiro atoms. The van der Waals surface area contributed by atoms with Crippen molar-refractivity contribution in [2.45, 2.75) is 13.8 Å². The molecule has 2 aromatic rings. The molecule has 3 rings (SSSR count). The van der Waals surface area contributed by atoms with Crippen LogP contribution in [0.3, 0.4) is 0 Å². The van der Waals surface area contributed by atoms with Crippen molar-refractivity contribution in [2.24, 2.45) is 0 Å². The van der Waals surface area contributed by atoms with Gasteiger partial charge in [-0.05, 0) is 25.0 Å². The lowest BCUT2D eigenvalue weighted by molar-refractivity contribution is 0.613. The van der Waals surface area contributed by atoms with Crippen LogP contribution in [-0.2, 0) is 9.84 Å². The van der Waals surface area contributed by atoms with E-state index in [0.717, 1.165) is 33.4 Å². The van der Waals surface area contributed by atoms with Gasteiger partial charge in [0.25, 0.3) is 0 Å². The highest BCUT2D eigenvalue weighted by Crippen LogP contribution is 2.37. The van der Waals surface area contributed by atoms with Gasteiger partial charge in [0.2, 0.25) is 0 Å². The fraction of sp³-hybridized carbons (Fsp3) is 0.111. The van der Waals surface area contributed by atoms with Gasteiger partial charge in [0.05, 0.1) is 0 Å². The number of rotatable bonds is 2. The topological polar surface area (TPSA) is 34.1 Å². The predicted octanol–water partition coefficient (Wildman–Crippen LogP) is 4.11. The van der Waals surface area contributed by atoms with E-state index in [-0.39, 0.29) is 0 Å². The van der Waals surface area contributed by atoms with Crippen molar-refractivity contribution < 1.29 is 8.42 Å². The van der Waals surface area contributed by atoms with Crippen LogP contribution in [-0.4, -0.2) is 8.42 Å². The Morgan fingerprint density at radius 2 is 0.952 bits per heavy atom. The van der Waals surface area contributed by atoms with Crippen molar-refractivity contribution >= 4 is 21.0 Å². The van der Waals surface area contributed by atoms with Crippen molar-refractivity contribution in [3.63, 3.8) is 0 Å². The molecular formula is C18H16O2S. The highest BCUT2D eigenvalue weighted by Gasteiger charge is 2.22. The van der Waals surface area contributed by atoms with Crippen molar-refractivity contribution in [3.8, 4) is 0 Å². The molecule has 0 radical (unpaired) electrons. The van der Waals surface area contributed by atoms with E-state index in [2.05, 4.69) is 0 Å². The van der Waals surface area contributed by atoms with Crippen molar-refractivity contribution in [1.82, 2.24) is 0 Å². The Bertz CT molecular complexity index is 770. The summed E-state index contributed by atoms with van der Waals surface area (Å²) in [5, 5.41) is 2.71. The zero-order chi connectivity index (χ0) is 15.0. The van der Waals surface area contributed by atoms with Crippen LogP contribution in [0.2, 0.25) is 0 Å². The van der Waals surface area contributed by atoms with Crippen LogP contribution in [0.25, 0.3) is 11.1 Å². The first-order valence-electron chi connectivity index (χ1n) is 6.77. The summed E-state index contributed by atoms with van der Waals surface area (Å²) in [5.41, 5.74) is 5.68. The maximum Gasteiger partial charge on any atom is 0.194 e. The minimum Gasteiger partial charge on any atom is -0.220 e. The summed E-state index contributed by atoms with van der Waals surface area (Å²) in [4.78, 5) is 0. The van der Waals surface area contributed by atoms with E-state index in [1.807, 2.05) is 62.4 Å². The molecule has 21 heavy (non-hydrogen) atoms. The lowest BCUT2D eigenvalue weighted by Gasteiger charge is -2.09. The number of hydrogen-bond acceptors (Lipinski definition) is 2. The standard InChI is InChI=1S/C18H16O2S/c1-13-3-7-15(8-4-13)17-11-21(19,20)12-18(17)16-9-5-14(2)6-10-16/h3-12H,1-2H3. The van der Waals surface area contributed by atoms with Gasteiger partial charge in [-0.1, -0.05) is 59.7 Å². The molecule has 0 bridgehead atoms. The third-order valence-corrected chi connectivity index (χ3v) is 4.71. The summed E-state index contributed by atoms with van der Waals surface area (Å²) >= 11 is 0. The van der Waals surface area contributed by atoms with Gasteiger partial charge in [-0.25, -0.2) is 8.42 Å². The third-order valence-electron chi connectivity index (χ3n) is 3.58. The molecule has 0 aromatic heterocycles. The zero-order valence-electron chi connectivity index (χ0n) is 12.0. The highest BCUT2D eigenvalue weighted by atomic mass is 32.2. The van der Waals surface area contributed by atoms with Gasteiger partial charge in [0, 0.05) is 22.0 Å². The monoisotopic (exact) mass is 296 g/mol. The fourth-order valence-electron chi connectivity index (χ4n) is 2.40. The lowest BCUT2D eigenvalue weighted by atomic mass is 9.94. The van der Waals surface area contributed by atoms with Crippen LogP contribution in [0.5, 0.6) is 0 Å². The smallest absolute Gasteiger partial charge is 0.194 e. The van der Waals surface area contributed by atoms with Gasteiger partial charge < -0.3 is 0 Å². The van der Waals surface area contributed by atoms with Gasteiger partial charge in [-0.15, -0.1) is 0 Å². The van der Waals surface area contributed by atoms with E-state index in [1.54, 1.807) is 0 Å². The SMILES string of the molecule is Cc1ccc(C2=CS(=O)(=O)C=C2c2ccc(C)cc2)cc1. The van der Waals surface area contributed by atoms with Crippen LogP contribution in [0.1, 0.15) is 22.3 Å². The molecule has 0 saturated heterocycles. The summed E-state index contributed by atoms with van der Waals surface area (Å²) in [7, 11) is -3.29. The van der Waals surface area contributed by atoms with Gasteiger partial charge in [-0.2, -0.15) is 0 Å². The average Bonchev–Trinajstić information content (AvgIpc) is 2.76. The van der Waals surface area contributed by atoms with Crippen molar-refractivity contribution in [3.05, 3.63) is 81.6 Å². The van der Waals surface area contributed by atoms with Gasteiger partial charge in [0.1, 0.15) is 0 Å². The molecular weight excluding hydrogens is 280 g/mol. The first-order valence-corrected chi connectivity index (χ1v) is 8.38. The summed E-state index contributed by atoms with van der Waals surface area (Å²) in [6, 6.07) is 15.8. The van der Waals surface area contributed by atoms with E-state index in [1.165, 1.54) is 10.8 Å². The molecule has 0 amide bonds. The Labute approximate surface area is 125 Å². The molecule has 0 atom stereocenters.